The van der Waals surface area contributed by atoms with Crippen LogP contribution in [0.1, 0.15) is 27.4 Å². The maximum absolute atomic E-state index is 11.2. The minimum atomic E-state index is 0.0311. The number of aldehydes is 1. The summed E-state index contributed by atoms with van der Waals surface area (Å²) >= 11 is 1.67. The molecule has 0 aliphatic carbocycles. The van der Waals surface area contributed by atoms with Gasteiger partial charge in [-0.1, -0.05) is 18.2 Å². The first-order valence-corrected chi connectivity index (χ1v) is 12.1. The largest absolute Gasteiger partial charge is 0.395 e. The van der Waals surface area contributed by atoms with Crippen LogP contribution in [0.15, 0.2) is 47.6 Å². The molecule has 0 amide bonds. The number of aromatic nitrogens is 5. The standard InChI is InChI=1S/C14H18N4O2S.C10H13N3/c1-11-14(8-13(10-20)17(11)6-7-19)21-16-4-5-18-12(9-16)2-3-15-18;1-11-6-8-4-3-5-9-7-12-13(2)10(8)9/h2-3,8,10,19H,4-7,9H2,1H3;3-5,7,11H,6H2,1-2H3. The molecule has 1 aromatic carbocycles. The number of aliphatic hydroxyl groups excluding tert-OH is 1. The van der Waals surface area contributed by atoms with Gasteiger partial charge >= 0.3 is 0 Å². The first kappa shape index (κ1) is 24.2. The zero-order chi connectivity index (χ0) is 24.1. The van der Waals surface area contributed by atoms with E-state index in [1.165, 1.54) is 22.2 Å². The second-order valence-electron chi connectivity index (χ2n) is 8.17. The van der Waals surface area contributed by atoms with E-state index in [0.717, 1.165) is 43.1 Å². The van der Waals surface area contributed by atoms with Crippen LogP contribution in [-0.2, 0) is 33.2 Å². The van der Waals surface area contributed by atoms with E-state index in [-0.39, 0.29) is 6.61 Å². The van der Waals surface area contributed by atoms with Gasteiger partial charge in [0.05, 0.1) is 42.8 Å². The summed E-state index contributed by atoms with van der Waals surface area (Å²) in [5, 5.41) is 22.0. The lowest BCUT2D eigenvalue weighted by molar-refractivity contribution is 0.111. The molecular formula is C24H31N7O2S. The number of hydrogen-bond donors (Lipinski definition) is 2. The Morgan fingerprint density at radius 1 is 1.24 bits per heavy atom. The van der Waals surface area contributed by atoms with Gasteiger partial charge in [-0.05, 0) is 43.6 Å². The van der Waals surface area contributed by atoms with Crippen molar-refractivity contribution in [3.63, 3.8) is 0 Å². The van der Waals surface area contributed by atoms with Gasteiger partial charge in [-0.2, -0.15) is 10.2 Å². The second-order valence-corrected chi connectivity index (χ2v) is 9.30. The zero-order valence-corrected chi connectivity index (χ0v) is 20.6. The summed E-state index contributed by atoms with van der Waals surface area (Å²) < 4.78 is 8.08. The summed E-state index contributed by atoms with van der Waals surface area (Å²) in [6, 6.07) is 10.2. The molecule has 0 fully saturated rings. The van der Waals surface area contributed by atoms with Crippen LogP contribution in [0.3, 0.4) is 0 Å². The molecule has 0 unspecified atom stereocenters. The van der Waals surface area contributed by atoms with Gasteiger partial charge in [-0.15, -0.1) is 0 Å². The maximum Gasteiger partial charge on any atom is 0.166 e. The first-order valence-electron chi connectivity index (χ1n) is 11.3. The van der Waals surface area contributed by atoms with Gasteiger partial charge in [0.2, 0.25) is 0 Å². The molecule has 0 bridgehead atoms. The van der Waals surface area contributed by atoms with E-state index in [1.807, 2.05) is 59.5 Å². The van der Waals surface area contributed by atoms with Crippen LogP contribution in [0.5, 0.6) is 0 Å². The Balaban J connectivity index is 0.000000180. The van der Waals surface area contributed by atoms with Crippen molar-refractivity contribution in [3.05, 3.63) is 65.4 Å². The number of aliphatic hydroxyl groups is 1. The van der Waals surface area contributed by atoms with Crippen molar-refractivity contribution < 1.29 is 9.90 Å². The SMILES string of the molecule is CNCc1cccc2cnn(C)c12.Cc1c(SN2CCn3nccc3C2)cc(C=O)n1CCO. The number of carbonyl (C=O) groups excluding carboxylic acids is 1. The average molecular weight is 482 g/mol. The lowest BCUT2D eigenvalue weighted by Crippen LogP contribution is -2.28. The predicted molar refractivity (Wildman–Crippen MR) is 134 cm³/mol. The monoisotopic (exact) mass is 481 g/mol. The number of rotatable bonds is 7. The molecule has 3 aromatic heterocycles. The summed E-state index contributed by atoms with van der Waals surface area (Å²) in [6.07, 6.45) is 4.57. The van der Waals surface area contributed by atoms with Gasteiger partial charge in [0.1, 0.15) is 0 Å². The minimum Gasteiger partial charge on any atom is -0.395 e. The summed E-state index contributed by atoms with van der Waals surface area (Å²) in [5.41, 5.74) is 5.36. The number of nitrogens with zero attached hydrogens (tertiary/aromatic N) is 6. The van der Waals surface area contributed by atoms with Crippen LogP contribution in [0.4, 0.5) is 0 Å². The Morgan fingerprint density at radius 2 is 2.09 bits per heavy atom. The third kappa shape index (κ3) is 5.10. The van der Waals surface area contributed by atoms with E-state index < -0.39 is 0 Å². The van der Waals surface area contributed by atoms with E-state index in [9.17, 15) is 4.79 Å². The van der Waals surface area contributed by atoms with E-state index in [0.29, 0.717) is 12.2 Å². The van der Waals surface area contributed by atoms with Crippen LogP contribution in [0, 0.1) is 6.92 Å². The van der Waals surface area contributed by atoms with Crippen LogP contribution in [0.2, 0.25) is 0 Å². The number of para-hydroxylation sites is 1. The number of fused-ring (bicyclic) bond motifs is 2. The van der Waals surface area contributed by atoms with Crippen LogP contribution in [0.25, 0.3) is 10.9 Å². The number of carbonyl (C=O) groups is 1. The summed E-state index contributed by atoms with van der Waals surface area (Å²) in [5.74, 6) is 0. The Bertz CT molecular complexity index is 1260. The van der Waals surface area contributed by atoms with Crippen molar-refractivity contribution in [2.45, 2.75) is 38.0 Å². The molecule has 1 aliphatic heterocycles. The van der Waals surface area contributed by atoms with Gasteiger partial charge in [-0.25, -0.2) is 4.31 Å². The fourth-order valence-corrected chi connectivity index (χ4v) is 5.32. The lowest BCUT2D eigenvalue weighted by atomic mass is 10.1. The summed E-state index contributed by atoms with van der Waals surface area (Å²) in [7, 11) is 3.93. The number of nitrogens with one attached hydrogen (secondary N) is 1. The maximum atomic E-state index is 11.2. The minimum absolute atomic E-state index is 0.0311. The normalized spacial score (nSPS) is 13.5. The average Bonchev–Trinajstić information content (AvgIpc) is 3.54. The number of benzene rings is 1. The summed E-state index contributed by atoms with van der Waals surface area (Å²) in [6.45, 7) is 5.99. The molecule has 9 nitrogen and oxygen atoms in total. The molecular weight excluding hydrogens is 450 g/mol. The molecule has 0 atom stereocenters. The van der Waals surface area contributed by atoms with E-state index in [4.69, 9.17) is 5.11 Å². The molecule has 0 spiro atoms. The van der Waals surface area contributed by atoms with E-state index >= 15 is 0 Å². The molecule has 0 radical (unpaired) electrons. The van der Waals surface area contributed by atoms with Crippen molar-refractivity contribution in [1.29, 1.82) is 0 Å². The number of hydrogen-bond acceptors (Lipinski definition) is 7. The Kier molecular flexibility index (Phi) is 7.84. The van der Waals surface area contributed by atoms with Gasteiger partial charge < -0.3 is 15.0 Å². The lowest BCUT2D eigenvalue weighted by Gasteiger charge is -2.26. The summed E-state index contributed by atoms with van der Waals surface area (Å²) in [4.78, 5) is 12.2. The van der Waals surface area contributed by atoms with E-state index in [1.54, 1.807) is 11.9 Å². The number of aryl methyl sites for hydroxylation is 1. The molecule has 10 heteroatoms. The van der Waals surface area contributed by atoms with Gasteiger partial charge in [0.15, 0.2) is 6.29 Å². The highest BCUT2D eigenvalue weighted by Crippen LogP contribution is 2.31. The molecule has 34 heavy (non-hydrogen) atoms. The Morgan fingerprint density at radius 3 is 2.85 bits per heavy atom. The van der Waals surface area contributed by atoms with Crippen molar-refractivity contribution in [1.82, 2.24) is 33.8 Å². The highest BCUT2D eigenvalue weighted by atomic mass is 32.2. The zero-order valence-electron chi connectivity index (χ0n) is 19.8. The molecule has 0 saturated heterocycles. The molecule has 180 valence electrons. The Labute approximate surface area is 203 Å². The predicted octanol–water partition coefficient (Wildman–Crippen LogP) is 2.61. The quantitative estimate of drug-likeness (QED) is 0.310. The highest BCUT2D eigenvalue weighted by Gasteiger charge is 2.20. The molecule has 0 saturated carbocycles. The van der Waals surface area contributed by atoms with Crippen molar-refractivity contribution in [3.8, 4) is 0 Å². The van der Waals surface area contributed by atoms with Gasteiger partial charge in [0.25, 0.3) is 0 Å². The van der Waals surface area contributed by atoms with Gasteiger partial charge in [0, 0.05) is 48.9 Å². The van der Waals surface area contributed by atoms with Crippen LogP contribution >= 0.6 is 11.9 Å². The topological polar surface area (TPSA) is 93.1 Å². The van der Waals surface area contributed by atoms with Crippen molar-refractivity contribution in [2.24, 2.45) is 7.05 Å². The van der Waals surface area contributed by atoms with Crippen LogP contribution in [-0.4, -0.2) is 60.0 Å². The van der Waals surface area contributed by atoms with Crippen molar-refractivity contribution >= 4 is 29.1 Å². The Hall–Kier alpha value is -2.92. The first-order chi connectivity index (χ1) is 16.5. The third-order valence-corrected chi connectivity index (χ3v) is 7.12. The smallest absolute Gasteiger partial charge is 0.166 e. The molecule has 5 rings (SSSR count). The fourth-order valence-electron chi connectivity index (χ4n) is 4.26. The van der Waals surface area contributed by atoms with E-state index in [2.05, 4.69) is 38.0 Å². The third-order valence-electron chi connectivity index (χ3n) is 5.94. The molecule has 1 aliphatic rings. The fraction of sp³-hybridized carbons (Fsp3) is 0.375. The van der Waals surface area contributed by atoms with Gasteiger partial charge in [-0.3, -0.25) is 14.2 Å². The van der Waals surface area contributed by atoms with Crippen LogP contribution < -0.4 is 5.32 Å². The molecule has 4 heterocycles. The molecule has 2 N–H and O–H groups in total. The highest BCUT2D eigenvalue weighted by molar-refractivity contribution is 7.97. The van der Waals surface area contributed by atoms with Crippen molar-refractivity contribution in [2.75, 3.05) is 20.2 Å². The molecule has 4 aromatic rings. The second kappa shape index (κ2) is 11.0.